The van der Waals surface area contributed by atoms with Crippen LogP contribution in [0.25, 0.3) is 0 Å². The number of benzene rings is 2. The third kappa shape index (κ3) is 5.52. The van der Waals surface area contributed by atoms with E-state index in [9.17, 15) is 4.79 Å². The molecule has 0 saturated carbocycles. The molecule has 2 rings (SSSR count). The van der Waals surface area contributed by atoms with Crippen LogP contribution >= 0.6 is 11.8 Å². The van der Waals surface area contributed by atoms with E-state index < -0.39 is 0 Å². The molecule has 0 fully saturated rings. The molecule has 0 radical (unpaired) electrons. The van der Waals surface area contributed by atoms with Crippen LogP contribution in [0, 0.1) is 6.92 Å². The van der Waals surface area contributed by atoms with Crippen molar-refractivity contribution < 1.29 is 9.53 Å². The first kappa shape index (κ1) is 15.4. The highest BCUT2D eigenvalue weighted by Crippen LogP contribution is 2.21. The van der Waals surface area contributed by atoms with E-state index in [2.05, 4.69) is 5.32 Å². The Balaban J connectivity index is 1.63. The smallest absolute Gasteiger partial charge is 0.230 e. The van der Waals surface area contributed by atoms with E-state index in [1.807, 2.05) is 61.5 Å². The molecule has 1 N–H and O–H groups in total. The van der Waals surface area contributed by atoms with Crippen LogP contribution in [-0.4, -0.2) is 24.8 Å². The van der Waals surface area contributed by atoms with Crippen molar-refractivity contribution in [3.8, 4) is 5.75 Å². The highest BCUT2D eigenvalue weighted by molar-refractivity contribution is 8.00. The van der Waals surface area contributed by atoms with Crippen molar-refractivity contribution in [2.24, 2.45) is 0 Å². The number of thioether (sulfide) groups is 1. The average Bonchev–Trinajstić information content (AvgIpc) is 2.52. The Hall–Kier alpha value is -1.94. The first-order valence-electron chi connectivity index (χ1n) is 6.88. The summed E-state index contributed by atoms with van der Waals surface area (Å²) in [5, 5.41) is 2.86. The van der Waals surface area contributed by atoms with Crippen molar-refractivity contribution in [1.82, 2.24) is 5.32 Å². The molecule has 3 nitrogen and oxygen atoms in total. The van der Waals surface area contributed by atoms with Gasteiger partial charge < -0.3 is 10.1 Å². The molecule has 2 aromatic rings. The molecular weight excluding hydrogens is 282 g/mol. The second-order valence-corrected chi connectivity index (χ2v) is 5.58. The fourth-order valence-corrected chi connectivity index (χ4v) is 2.65. The molecule has 0 unspecified atom stereocenters. The van der Waals surface area contributed by atoms with Gasteiger partial charge in [0.05, 0.1) is 12.3 Å². The van der Waals surface area contributed by atoms with Crippen molar-refractivity contribution in [2.45, 2.75) is 11.8 Å². The van der Waals surface area contributed by atoms with E-state index in [1.165, 1.54) is 5.56 Å². The van der Waals surface area contributed by atoms with E-state index >= 15 is 0 Å². The zero-order valence-corrected chi connectivity index (χ0v) is 12.9. The molecule has 0 aliphatic heterocycles. The maximum atomic E-state index is 11.8. The van der Waals surface area contributed by atoms with E-state index in [1.54, 1.807) is 11.8 Å². The Morgan fingerprint density at radius 1 is 1.10 bits per heavy atom. The molecule has 0 bridgehead atoms. The lowest BCUT2D eigenvalue weighted by atomic mass is 10.2. The molecule has 0 spiro atoms. The fourth-order valence-electron chi connectivity index (χ4n) is 1.79. The second kappa shape index (κ2) is 8.37. The number of aryl methyl sites for hydroxylation is 1. The molecule has 110 valence electrons. The minimum absolute atomic E-state index is 0.0277. The summed E-state index contributed by atoms with van der Waals surface area (Å²) < 4.78 is 5.52. The standard InChI is InChI=1S/C17H19NO2S/c1-14-7-5-6-10-16(14)21-13-17(19)18-11-12-20-15-8-3-2-4-9-15/h2-10H,11-13H2,1H3,(H,18,19). The van der Waals surface area contributed by atoms with Gasteiger partial charge in [0.2, 0.25) is 5.91 Å². The first-order chi connectivity index (χ1) is 10.3. The molecule has 2 aromatic carbocycles. The molecule has 1 amide bonds. The van der Waals surface area contributed by atoms with Crippen LogP contribution in [0.1, 0.15) is 5.56 Å². The number of amides is 1. The lowest BCUT2D eigenvalue weighted by Gasteiger charge is -2.08. The Morgan fingerprint density at radius 3 is 2.57 bits per heavy atom. The van der Waals surface area contributed by atoms with Crippen LogP contribution < -0.4 is 10.1 Å². The van der Waals surface area contributed by atoms with E-state index in [0.29, 0.717) is 18.9 Å². The van der Waals surface area contributed by atoms with Gasteiger partial charge in [0.1, 0.15) is 12.4 Å². The Labute approximate surface area is 129 Å². The number of hydrogen-bond acceptors (Lipinski definition) is 3. The molecule has 21 heavy (non-hydrogen) atoms. The van der Waals surface area contributed by atoms with Crippen LogP contribution in [0.5, 0.6) is 5.75 Å². The molecule has 0 aromatic heterocycles. The summed E-state index contributed by atoms with van der Waals surface area (Å²) in [7, 11) is 0. The van der Waals surface area contributed by atoms with E-state index in [0.717, 1.165) is 10.6 Å². The van der Waals surface area contributed by atoms with Gasteiger partial charge in [0.15, 0.2) is 0 Å². The highest BCUT2D eigenvalue weighted by atomic mass is 32.2. The van der Waals surface area contributed by atoms with Crippen LogP contribution in [-0.2, 0) is 4.79 Å². The largest absolute Gasteiger partial charge is 0.492 e. The monoisotopic (exact) mass is 301 g/mol. The summed E-state index contributed by atoms with van der Waals surface area (Å²) in [6.45, 7) is 3.04. The predicted octanol–water partition coefficient (Wildman–Crippen LogP) is 3.28. The van der Waals surface area contributed by atoms with Crippen molar-refractivity contribution in [3.05, 3.63) is 60.2 Å². The average molecular weight is 301 g/mol. The number of nitrogens with one attached hydrogen (secondary N) is 1. The Kier molecular flexibility index (Phi) is 6.16. The van der Waals surface area contributed by atoms with Crippen LogP contribution in [0.2, 0.25) is 0 Å². The zero-order valence-electron chi connectivity index (χ0n) is 12.0. The zero-order chi connectivity index (χ0) is 14.9. The summed E-state index contributed by atoms with van der Waals surface area (Å²) in [5.74, 6) is 1.27. The number of ether oxygens (including phenoxy) is 1. The van der Waals surface area contributed by atoms with Gasteiger partial charge in [-0.05, 0) is 30.7 Å². The lowest BCUT2D eigenvalue weighted by Crippen LogP contribution is -2.29. The van der Waals surface area contributed by atoms with Gasteiger partial charge in [-0.1, -0.05) is 36.4 Å². The molecule has 0 aliphatic carbocycles. The normalized spacial score (nSPS) is 10.1. The summed E-state index contributed by atoms with van der Waals surface area (Å²) in [6.07, 6.45) is 0. The van der Waals surface area contributed by atoms with E-state index in [4.69, 9.17) is 4.74 Å². The first-order valence-corrected chi connectivity index (χ1v) is 7.87. The van der Waals surface area contributed by atoms with Gasteiger partial charge in [-0.15, -0.1) is 11.8 Å². The second-order valence-electron chi connectivity index (χ2n) is 4.57. The lowest BCUT2D eigenvalue weighted by molar-refractivity contribution is -0.118. The van der Waals surface area contributed by atoms with Gasteiger partial charge in [-0.25, -0.2) is 0 Å². The van der Waals surface area contributed by atoms with Gasteiger partial charge in [-0.3, -0.25) is 4.79 Å². The molecule has 0 heterocycles. The fraction of sp³-hybridized carbons (Fsp3) is 0.235. The van der Waals surface area contributed by atoms with Crippen LogP contribution in [0.4, 0.5) is 0 Å². The topological polar surface area (TPSA) is 38.3 Å². The number of carbonyl (C=O) groups is 1. The number of hydrogen-bond donors (Lipinski definition) is 1. The van der Waals surface area contributed by atoms with Crippen LogP contribution in [0.15, 0.2) is 59.5 Å². The quantitative estimate of drug-likeness (QED) is 0.630. The minimum atomic E-state index is 0.0277. The summed E-state index contributed by atoms with van der Waals surface area (Å²) in [5.41, 5.74) is 1.20. The molecule has 4 heteroatoms. The Bertz CT molecular complexity index is 572. The van der Waals surface area contributed by atoms with Crippen molar-refractivity contribution in [1.29, 1.82) is 0 Å². The third-order valence-corrected chi connectivity index (χ3v) is 4.06. The molecule has 0 atom stereocenters. The molecule has 0 aliphatic rings. The molecule has 0 saturated heterocycles. The van der Waals surface area contributed by atoms with Gasteiger partial charge >= 0.3 is 0 Å². The van der Waals surface area contributed by atoms with Gasteiger partial charge in [0.25, 0.3) is 0 Å². The third-order valence-electron chi connectivity index (χ3n) is 2.89. The SMILES string of the molecule is Cc1ccccc1SCC(=O)NCCOc1ccccc1. The number of carbonyl (C=O) groups excluding carboxylic acids is 1. The molecular formula is C17H19NO2S. The van der Waals surface area contributed by atoms with E-state index in [-0.39, 0.29) is 5.91 Å². The summed E-state index contributed by atoms with van der Waals surface area (Å²) >= 11 is 1.56. The number of rotatable bonds is 7. The maximum absolute atomic E-state index is 11.8. The van der Waals surface area contributed by atoms with Crippen molar-refractivity contribution in [2.75, 3.05) is 18.9 Å². The minimum Gasteiger partial charge on any atom is -0.492 e. The predicted molar refractivity (Wildman–Crippen MR) is 86.8 cm³/mol. The van der Waals surface area contributed by atoms with Crippen molar-refractivity contribution >= 4 is 17.7 Å². The Morgan fingerprint density at radius 2 is 1.81 bits per heavy atom. The highest BCUT2D eigenvalue weighted by Gasteiger charge is 2.04. The summed E-state index contributed by atoms with van der Waals surface area (Å²) in [6, 6.07) is 17.7. The summed E-state index contributed by atoms with van der Waals surface area (Å²) in [4.78, 5) is 12.9. The van der Waals surface area contributed by atoms with Gasteiger partial charge in [0, 0.05) is 4.90 Å². The maximum Gasteiger partial charge on any atom is 0.230 e. The van der Waals surface area contributed by atoms with Crippen molar-refractivity contribution in [3.63, 3.8) is 0 Å². The van der Waals surface area contributed by atoms with Crippen LogP contribution in [0.3, 0.4) is 0 Å². The van der Waals surface area contributed by atoms with Gasteiger partial charge in [-0.2, -0.15) is 0 Å². The number of para-hydroxylation sites is 1.